The van der Waals surface area contributed by atoms with Crippen molar-refractivity contribution in [2.75, 3.05) is 13.4 Å². The molecule has 0 aliphatic carbocycles. The van der Waals surface area contributed by atoms with Crippen molar-refractivity contribution in [1.29, 1.82) is 0 Å². The minimum atomic E-state index is -1.50. The van der Waals surface area contributed by atoms with Crippen LogP contribution in [0.15, 0.2) is 24.3 Å². The Morgan fingerprint density at radius 1 is 1.10 bits per heavy atom. The standard InChI is InChI=1S/C21H25NO6S/c1-11(29-4)5-10-15-19(23)17(21(26)27)16(20(24)25)18(22-15)12(2)13-6-8-14(28-3)9-7-13/h6-9,11-12,23H,5,10H2,1-4H3,(H,24,25)(H,26,27). The maximum Gasteiger partial charge on any atom is 0.340 e. The molecule has 2 atom stereocenters. The highest BCUT2D eigenvalue weighted by Crippen LogP contribution is 2.35. The predicted molar refractivity (Wildman–Crippen MR) is 112 cm³/mol. The van der Waals surface area contributed by atoms with E-state index in [2.05, 4.69) is 4.98 Å². The van der Waals surface area contributed by atoms with Gasteiger partial charge >= 0.3 is 11.9 Å². The molecular weight excluding hydrogens is 394 g/mol. The van der Waals surface area contributed by atoms with Crippen LogP contribution in [0.5, 0.6) is 11.5 Å². The van der Waals surface area contributed by atoms with Gasteiger partial charge in [0, 0.05) is 11.2 Å². The number of nitrogens with zero attached hydrogens (tertiary/aromatic N) is 1. The third-order valence-electron chi connectivity index (χ3n) is 4.92. The number of carbonyl (C=O) groups is 2. The summed E-state index contributed by atoms with van der Waals surface area (Å²) in [6, 6.07) is 7.04. The summed E-state index contributed by atoms with van der Waals surface area (Å²) in [6.07, 6.45) is 2.98. The molecule has 1 aromatic carbocycles. The molecule has 156 valence electrons. The number of rotatable bonds is 9. The Morgan fingerprint density at radius 3 is 2.17 bits per heavy atom. The number of pyridine rings is 1. The highest BCUT2D eigenvalue weighted by atomic mass is 32.2. The van der Waals surface area contributed by atoms with E-state index in [1.807, 2.05) is 13.2 Å². The molecule has 1 aromatic heterocycles. The van der Waals surface area contributed by atoms with Gasteiger partial charge in [-0.2, -0.15) is 11.8 Å². The molecule has 0 saturated heterocycles. The van der Waals surface area contributed by atoms with Crippen LogP contribution in [0.4, 0.5) is 0 Å². The summed E-state index contributed by atoms with van der Waals surface area (Å²) in [7, 11) is 1.55. The second-order valence-corrected chi connectivity index (χ2v) is 8.01. The minimum absolute atomic E-state index is 0.115. The Balaban J connectivity index is 2.64. The van der Waals surface area contributed by atoms with Gasteiger partial charge in [0.05, 0.1) is 24.1 Å². The van der Waals surface area contributed by atoms with Crippen molar-refractivity contribution >= 4 is 23.7 Å². The van der Waals surface area contributed by atoms with Crippen LogP contribution in [0, 0.1) is 0 Å². The van der Waals surface area contributed by atoms with Crippen LogP contribution < -0.4 is 4.74 Å². The number of aromatic carboxylic acids is 2. The van der Waals surface area contributed by atoms with Gasteiger partial charge in [0.25, 0.3) is 0 Å². The molecule has 2 aromatic rings. The zero-order valence-electron chi connectivity index (χ0n) is 16.8. The Hall–Kier alpha value is -2.74. The van der Waals surface area contributed by atoms with Crippen LogP contribution in [0.2, 0.25) is 0 Å². The lowest BCUT2D eigenvalue weighted by Crippen LogP contribution is -2.18. The zero-order valence-corrected chi connectivity index (χ0v) is 17.6. The number of thioether (sulfide) groups is 1. The van der Waals surface area contributed by atoms with Gasteiger partial charge in [-0.25, -0.2) is 9.59 Å². The second kappa shape index (κ2) is 9.65. The van der Waals surface area contributed by atoms with E-state index < -0.39 is 34.7 Å². The first kappa shape index (κ1) is 22.5. The van der Waals surface area contributed by atoms with Crippen molar-refractivity contribution in [3.05, 3.63) is 52.3 Å². The number of hydrogen-bond acceptors (Lipinski definition) is 6. The van der Waals surface area contributed by atoms with E-state index in [4.69, 9.17) is 4.74 Å². The van der Waals surface area contributed by atoms with Gasteiger partial charge in [-0.1, -0.05) is 26.0 Å². The maximum absolute atomic E-state index is 11.9. The summed E-state index contributed by atoms with van der Waals surface area (Å²) >= 11 is 1.65. The first-order valence-electron chi connectivity index (χ1n) is 9.10. The predicted octanol–water partition coefficient (Wildman–Crippen LogP) is 4.03. The summed E-state index contributed by atoms with van der Waals surface area (Å²) in [5, 5.41) is 30.1. The summed E-state index contributed by atoms with van der Waals surface area (Å²) < 4.78 is 5.14. The number of aryl methyl sites for hydroxylation is 1. The van der Waals surface area contributed by atoms with Crippen LogP contribution in [0.1, 0.15) is 63.9 Å². The number of aromatic hydroxyl groups is 1. The molecule has 2 rings (SSSR count). The molecule has 8 heteroatoms. The van der Waals surface area contributed by atoms with Gasteiger partial charge in [-0.05, 0) is 36.8 Å². The Labute approximate surface area is 173 Å². The number of carboxylic acid groups (broad SMARTS) is 2. The van der Waals surface area contributed by atoms with Crippen molar-refractivity contribution in [1.82, 2.24) is 4.98 Å². The van der Waals surface area contributed by atoms with E-state index in [9.17, 15) is 24.9 Å². The fraction of sp³-hybridized carbons (Fsp3) is 0.381. The largest absolute Gasteiger partial charge is 0.505 e. The van der Waals surface area contributed by atoms with Crippen LogP contribution in [0.25, 0.3) is 0 Å². The minimum Gasteiger partial charge on any atom is -0.505 e. The number of ether oxygens (including phenoxy) is 1. The fourth-order valence-corrected chi connectivity index (χ4v) is 3.42. The first-order chi connectivity index (χ1) is 13.7. The van der Waals surface area contributed by atoms with E-state index in [1.54, 1.807) is 50.1 Å². The number of aromatic nitrogens is 1. The molecule has 0 aliphatic heterocycles. The molecule has 0 saturated carbocycles. The molecule has 7 nitrogen and oxygen atoms in total. The Morgan fingerprint density at radius 2 is 1.69 bits per heavy atom. The molecule has 1 heterocycles. The topological polar surface area (TPSA) is 117 Å². The van der Waals surface area contributed by atoms with Gasteiger partial charge in [0.15, 0.2) is 5.75 Å². The van der Waals surface area contributed by atoms with Gasteiger partial charge < -0.3 is 20.1 Å². The second-order valence-electron chi connectivity index (χ2n) is 6.73. The molecule has 0 fully saturated rings. The first-order valence-corrected chi connectivity index (χ1v) is 10.4. The van der Waals surface area contributed by atoms with Gasteiger partial charge in [-0.3, -0.25) is 4.98 Å². The average Bonchev–Trinajstić information content (AvgIpc) is 2.71. The van der Waals surface area contributed by atoms with Crippen molar-refractivity contribution in [2.45, 2.75) is 37.9 Å². The molecule has 29 heavy (non-hydrogen) atoms. The van der Waals surface area contributed by atoms with Gasteiger partial charge in [0.1, 0.15) is 11.3 Å². The van der Waals surface area contributed by atoms with Gasteiger partial charge in [0.2, 0.25) is 0 Å². The zero-order chi connectivity index (χ0) is 21.7. The monoisotopic (exact) mass is 419 g/mol. The van der Waals surface area contributed by atoms with Gasteiger partial charge in [-0.15, -0.1) is 0 Å². The summed E-state index contributed by atoms with van der Waals surface area (Å²) in [5.74, 6) is -3.36. The Kier molecular flexibility index (Phi) is 7.50. The summed E-state index contributed by atoms with van der Waals surface area (Å²) in [6.45, 7) is 3.78. The van der Waals surface area contributed by atoms with E-state index in [0.29, 0.717) is 18.6 Å². The number of methoxy groups -OCH3 is 1. The third-order valence-corrected chi connectivity index (χ3v) is 5.96. The smallest absolute Gasteiger partial charge is 0.340 e. The lowest BCUT2D eigenvalue weighted by Gasteiger charge is -2.19. The number of hydrogen-bond donors (Lipinski definition) is 3. The highest BCUT2D eigenvalue weighted by molar-refractivity contribution is 7.99. The molecule has 0 amide bonds. The molecule has 0 aliphatic rings. The SMILES string of the molecule is COc1ccc(C(C)c2nc(CCC(C)SC)c(O)c(C(=O)O)c2C(=O)O)cc1. The van der Waals surface area contributed by atoms with E-state index in [-0.39, 0.29) is 16.6 Å². The lowest BCUT2D eigenvalue weighted by molar-refractivity contribution is 0.0646. The molecule has 3 N–H and O–H groups in total. The van der Waals surface area contributed by atoms with Crippen LogP contribution in [0.3, 0.4) is 0 Å². The quantitative estimate of drug-likeness (QED) is 0.558. The molecular formula is C21H25NO6S. The lowest BCUT2D eigenvalue weighted by atomic mass is 9.90. The van der Waals surface area contributed by atoms with E-state index in [1.165, 1.54) is 0 Å². The van der Waals surface area contributed by atoms with Crippen LogP contribution >= 0.6 is 11.8 Å². The number of carboxylic acids is 2. The van der Waals surface area contributed by atoms with Crippen molar-refractivity contribution in [3.8, 4) is 11.5 Å². The molecule has 2 unspecified atom stereocenters. The van der Waals surface area contributed by atoms with Crippen LogP contribution in [-0.4, -0.2) is 50.9 Å². The van der Waals surface area contributed by atoms with Crippen molar-refractivity contribution < 1.29 is 29.6 Å². The van der Waals surface area contributed by atoms with E-state index in [0.717, 1.165) is 5.56 Å². The van der Waals surface area contributed by atoms with E-state index >= 15 is 0 Å². The maximum atomic E-state index is 11.9. The molecule has 0 radical (unpaired) electrons. The Bertz CT molecular complexity index is 897. The normalized spacial score (nSPS) is 13.0. The summed E-state index contributed by atoms with van der Waals surface area (Å²) in [5.41, 5.74) is -0.0331. The molecule has 0 spiro atoms. The molecule has 0 bridgehead atoms. The average molecular weight is 419 g/mol. The fourth-order valence-electron chi connectivity index (χ4n) is 3.07. The highest BCUT2D eigenvalue weighted by Gasteiger charge is 2.31. The van der Waals surface area contributed by atoms with Crippen molar-refractivity contribution in [3.63, 3.8) is 0 Å². The third kappa shape index (κ3) is 5.00. The van der Waals surface area contributed by atoms with Crippen LogP contribution in [-0.2, 0) is 6.42 Å². The summed E-state index contributed by atoms with van der Waals surface area (Å²) in [4.78, 5) is 28.2. The number of benzene rings is 1. The van der Waals surface area contributed by atoms with Crippen molar-refractivity contribution in [2.24, 2.45) is 0 Å².